The molecule has 1 atom stereocenters. The van der Waals surface area contributed by atoms with E-state index in [9.17, 15) is 0 Å². The molecule has 0 aromatic carbocycles. The Bertz CT molecular complexity index is 168. The molecule has 0 rings (SSSR count). The SMILES string of the molecule is CCCCCCCCCCC(N)C(C)(C)OC. The number of hydrogen-bond acceptors (Lipinski definition) is 2. The molecule has 2 N–H and O–H groups in total. The molecule has 0 spiro atoms. The Balaban J connectivity index is 3.34. The number of methoxy groups -OCH3 is 1. The van der Waals surface area contributed by atoms with Crippen LogP contribution in [0.5, 0.6) is 0 Å². The molecular weight excluding hydrogens is 210 g/mol. The Morgan fingerprint density at radius 2 is 1.41 bits per heavy atom. The van der Waals surface area contributed by atoms with Gasteiger partial charge in [-0.15, -0.1) is 0 Å². The quantitative estimate of drug-likeness (QED) is 0.550. The van der Waals surface area contributed by atoms with Gasteiger partial charge in [-0.1, -0.05) is 58.3 Å². The van der Waals surface area contributed by atoms with Crippen molar-refractivity contribution in [2.75, 3.05) is 7.11 Å². The van der Waals surface area contributed by atoms with Gasteiger partial charge >= 0.3 is 0 Å². The average molecular weight is 243 g/mol. The number of ether oxygens (including phenoxy) is 1. The van der Waals surface area contributed by atoms with Gasteiger partial charge in [-0.2, -0.15) is 0 Å². The molecule has 0 amide bonds. The lowest BCUT2D eigenvalue weighted by Crippen LogP contribution is -2.44. The summed E-state index contributed by atoms with van der Waals surface area (Å²) in [6, 6.07) is 0.160. The molecule has 2 nitrogen and oxygen atoms in total. The van der Waals surface area contributed by atoms with Crippen LogP contribution in [-0.4, -0.2) is 18.8 Å². The van der Waals surface area contributed by atoms with Crippen LogP contribution in [-0.2, 0) is 4.74 Å². The van der Waals surface area contributed by atoms with Crippen LogP contribution in [0.3, 0.4) is 0 Å². The monoisotopic (exact) mass is 243 g/mol. The van der Waals surface area contributed by atoms with Gasteiger partial charge in [0.15, 0.2) is 0 Å². The van der Waals surface area contributed by atoms with Gasteiger partial charge < -0.3 is 10.5 Å². The van der Waals surface area contributed by atoms with Crippen LogP contribution in [0.15, 0.2) is 0 Å². The molecule has 0 aliphatic rings. The van der Waals surface area contributed by atoms with Crippen molar-refractivity contribution in [2.24, 2.45) is 5.73 Å². The molecule has 0 aromatic heterocycles. The highest BCUT2D eigenvalue weighted by molar-refractivity contribution is 4.81. The van der Waals surface area contributed by atoms with Crippen LogP contribution < -0.4 is 5.73 Å². The molecule has 104 valence electrons. The summed E-state index contributed by atoms with van der Waals surface area (Å²) in [6.45, 7) is 6.41. The molecule has 0 aromatic rings. The van der Waals surface area contributed by atoms with Crippen LogP contribution in [0.1, 0.15) is 78.6 Å². The lowest BCUT2D eigenvalue weighted by molar-refractivity contribution is -0.00202. The van der Waals surface area contributed by atoms with Gasteiger partial charge in [-0.25, -0.2) is 0 Å². The van der Waals surface area contributed by atoms with Gasteiger partial charge in [0.1, 0.15) is 0 Å². The van der Waals surface area contributed by atoms with Gasteiger partial charge in [-0.05, 0) is 20.3 Å². The number of unbranched alkanes of at least 4 members (excludes halogenated alkanes) is 7. The molecule has 0 heterocycles. The first-order valence-corrected chi connectivity index (χ1v) is 7.35. The first kappa shape index (κ1) is 16.9. The highest BCUT2D eigenvalue weighted by Gasteiger charge is 2.24. The predicted molar refractivity (Wildman–Crippen MR) is 76.3 cm³/mol. The fourth-order valence-electron chi connectivity index (χ4n) is 2.00. The highest BCUT2D eigenvalue weighted by atomic mass is 16.5. The fraction of sp³-hybridized carbons (Fsp3) is 1.00. The largest absolute Gasteiger partial charge is 0.377 e. The maximum absolute atomic E-state index is 6.12. The van der Waals surface area contributed by atoms with E-state index in [2.05, 4.69) is 20.8 Å². The maximum Gasteiger partial charge on any atom is 0.0772 e. The Kier molecular flexibility index (Phi) is 9.85. The van der Waals surface area contributed by atoms with Crippen molar-refractivity contribution >= 4 is 0 Å². The molecular formula is C15H33NO. The zero-order valence-corrected chi connectivity index (χ0v) is 12.4. The maximum atomic E-state index is 6.12. The first-order valence-electron chi connectivity index (χ1n) is 7.35. The second-order valence-corrected chi connectivity index (χ2v) is 5.68. The summed E-state index contributed by atoms with van der Waals surface area (Å²) >= 11 is 0. The van der Waals surface area contributed by atoms with Gasteiger partial charge in [0.25, 0.3) is 0 Å². The lowest BCUT2D eigenvalue weighted by Gasteiger charge is -2.30. The average Bonchev–Trinajstić information content (AvgIpc) is 2.32. The number of rotatable bonds is 11. The van der Waals surface area contributed by atoms with Gasteiger partial charge in [0.2, 0.25) is 0 Å². The van der Waals surface area contributed by atoms with E-state index in [0.29, 0.717) is 0 Å². The van der Waals surface area contributed by atoms with E-state index in [1.54, 1.807) is 7.11 Å². The van der Waals surface area contributed by atoms with Crippen LogP contribution in [0.4, 0.5) is 0 Å². The second-order valence-electron chi connectivity index (χ2n) is 5.68. The summed E-state index contributed by atoms with van der Waals surface area (Å²) in [5, 5.41) is 0. The van der Waals surface area contributed by atoms with Gasteiger partial charge in [0, 0.05) is 13.2 Å². The zero-order valence-electron chi connectivity index (χ0n) is 12.4. The van der Waals surface area contributed by atoms with Crippen molar-refractivity contribution < 1.29 is 4.74 Å². The van der Waals surface area contributed by atoms with E-state index in [0.717, 1.165) is 6.42 Å². The molecule has 0 saturated heterocycles. The smallest absolute Gasteiger partial charge is 0.0772 e. The standard InChI is InChI=1S/C15H33NO/c1-5-6-7-8-9-10-11-12-13-14(16)15(2,3)17-4/h14H,5-13,16H2,1-4H3. The highest BCUT2D eigenvalue weighted by Crippen LogP contribution is 2.18. The van der Waals surface area contributed by atoms with Crippen molar-refractivity contribution in [3.63, 3.8) is 0 Å². The Hall–Kier alpha value is -0.0800. The zero-order chi connectivity index (χ0) is 13.1. The minimum atomic E-state index is -0.179. The van der Waals surface area contributed by atoms with E-state index in [1.807, 2.05) is 0 Å². The van der Waals surface area contributed by atoms with E-state index < -0.39 is 0 Å². The van der Waals surface area contributed by atoms with E-state index in [1.165, 1.54) is 51.4 Å². The summed E-state index contributed by atoms with van der Waals surface area (Å²) in [7, 11) is 1.74. The third kappa shape index (κ3) is 8.62. The molecule has 1 unspecified atom stereocenters. The fourth-order valence-corrected chi connectivity index (χ4v) is 2.00. The Labute approximate surface area is 108 Å². The number of hydrogen-bond donors (Lipinski definition) is 1. The van der Waals surface area contributed by atoms with Crippen LogP contribution in [0, 0.1) is 0 Å². The summed E-state index contributed by atoms with van der Waals surface area (Å²) in [5.41, 5.74) is 5.94. The molecule has 0 saturated carbocycles. The normalized spacial score (nSPS) is 13.9. The third-order valence-corrected chi connectivity index (χ3v) is 3.79. The van der Waals surface area contributed by atoms with Crippen molar-refractivity contribution in [1.29, 1.82) is 0 Å². The molecule has 0 fully saturated rings. The Morgan fingerprint density at radius 3 is 1.88 bits per heavy atom. The minimum Gasteiger partial charge on any atom is -0.377 e. The predicted octanol–water partition coefficient (Wildman–Crippen LogP) is 4.27. The van der Waals surface area contributed by atoms with E-state index >= 15 is 0 Å². The molecule has 2 heteroatoms. The second kappa shape index (κ2) is 9.90. The summed E-state index contributed by atoms with van der Waals surface area (Å²) in [6.07, 6.45) is 11.9. The van der Waals surface area contributed by atoms with Crippen LogP contribution in [0.2, 0.25) is 0 Å². The molecule has 0 radical (unpaired) electrons. The minimum absolute atomic E-state index is 0.160. The van der Waals surface area contributed by atoms with E-state index in [-0.39, 0.29) is 11.6 Å². The van der Waals surface area contributed by atoms with Crippen molar-refractivity contribution in [3.05, 3.63) is 0 Å². The van der Waals surface area contributed by atoms with Crippen molar-refractivity contribution in [3.8, 4) is 0 Å². The van der Waals surface area contributed by atoms with Crippen molar-refractivity contribution in [2.45, 2.75) is 90.2 Å². The molecule has 0 bridgehead atoms. The van der Waals surface area contributed by atoms with Gasteiger partial charge in [0.05, 0.1) is 5.60 Å². The topological polar surface area (TPSA) is 35.2 Å². The van der Waals surface area contributed by atoms with E-state index in [4.69, 9.17) is 10.5 Å². The molecule has 0 aliphatic heterocycles. The lowest BCUT2D eigenvalue weighted by atomic mass is 9.94. The molecule has 0 aliphatic carbocycles. The first-order chi connectivity index (χ1) is 8.04. The van der Waals surface area contributed by atoms with Gasteiger partial charge in [-0.3, -0.25) is 0 Å². The third-order valence-electron chi connectivity index (χ3n) is 3.79. The molecule has 17 heavy (non-hydrogen) atoms. The Morgan fingerprint density at radius 1 is 0.941 bits per heavy atom. The summed E-state index contributed by atoms with van der Waals surface area (Å²) in [5.74, 6) is 0. The number of nitrogens with two attached hydrogens (primary N) is 1. The summed E-state index contributed by atoms with van der Waals surface area (Å²) in [4.78, 5) is 0. The van der Waals surface area contributed by atoms with Crippen molar-refractivity contribution in [1.82, 2.24) is 0 Å². The van der Waals surface area contributed by atoms with Crippen LogP contribution in [0.25, 0.3) is 0 Å². The summed E-state index contributed by atoms with van der Waals surface area (Å²) < 4.78 is 5.40. The van der Waals surface area contributed by atoms with Crippen LogP contribution >= 0.6 is 0 Å².